The molecule has 19 heavy (non-hydrogen) atoms. The summed E-state index contributed by atoms with van der Waals surface area (Å²) >= 11 is 0. The number of rotatable bonds is 5. The molecule has 0 fully saturated rings. The van der Waals surface area contributed by atoms with Crippen molar-refractivity contribution in [3.63, 3.8) is 0 Å². The van der Waals surface area contributed by atoms with E-state index in [-0.39, 0.29) is 18.6 Å². The van der Waals surface area contributed by atoms with Crippen molar-refractivity contribution in [2.75, 3.05) is 13.7 Å². The van der Waals surface area contributed by atoms with Gasteiger partial charge >= 0.3 is 0 Å². The Morgan fingerprint density at radius 3 is 2.95 bits per heavy atom. The summed E-state index contributed by atoms with van der Waals surface area (Å²) in [5.74, 6) is 0.648. The molecule has 0 spiro atoms. The van der Waals surface area contributed by atoms with Crippen molar-refractivity contribution in [3.8, 4) is 5.75 Å². The van der Waals surface area contributed by atoms with Gasteiger partial charge in [0.15, 0.2) is 0 Å². The minimum absolute atomic E-state index is 0.0155. The average Bonchev–Trinajstić information content (AvgIpc) is 2.80. The number of hydrogen-bond donors (Lipinski definition) is 3. The van der Waals surface area contributed by atoms with Gasteiger partial charge in [0.25, 0.3) is 0 Å². The fraction of sp³-hybridized carbons (Fsp3) is 0.357. The maximum atomic E-state index is 11.3. The van der Waals surface area contributed by atoms with Gasteiger partial charge in [0.2, 0.25) is 5.91 Å². The van der Waals surface area contributed by atoms with Crippen LogP contribution in [0.5, 0.6) is 5.75 Å². The molecule has 1 amide bonds. The molecule has 1 aromatic heterocycles. The fourth-order valence-corrected chi connectivity index (χ4v) is 2.22. The van der Waals surface area contributed by atoms with E-state index >= 15 is 0 Å². The molecule has 2 aromatic rings. The molecule has 1 heterocycles. The number of fused-ring (bicyclic) bond motifs is 1. The van der Waals surface area contributed by atoms with E-state index in [4.69, 9.17) is 9.84 Å². The van der Waals surface area contributed by atoms with Gasteiger partial charge < -0.3 is 20.1 Å². The summed E-state index contributed by atoms with van der Waals surface area (Å²) in [7, 11) is 1.62. The maximum Gasteiger partial charge on any atom is 0.217 e. The number of amides is 1. The van der Waals surface area contributed by atoms with E-state index in [1.165, 1.54) is 6.92 Å². The summed E-state index contributed by atoms with van der Waals surface area (Å²) in [6.07, 6.45) is 2.34. The number of nitrogens with one attached hydrogen (secondary N) is 2. The van der Waals surface area contributed by atoms with Gasteiger partial charge in [-0.2, -0.15) is 0 Å². The van der Waals surface area contributed by atoms with Crippen LogP contribution in [0.25, 0.3) is 10.9 Å². The number of carbonyl (C=O) groups is 1. The largest absolute Gasteiger partial charge is 0.497 e. The van der Waals surface area contributed by atoms with Crippen LogP contribution in [0.3, 0.4) is 0 Å². The highest BCUT2D eigenvalue weighted by molar-refractivity contribution is 5.86. The van der Waals surface area contributed by atoms with Crippen molar-refractivity contribution in [1.29, 1.82) is 0 Å². The van der Waals surface area contributed by atoms with Crippen LogP contribution in [0.1, 0.15) is 24.9 Å². The van der Waals surface area contributed by atoms with Gasteiger partial charge in [-0.1, -0.05) is 0 Å². The summed E-state index contributed by atoms with van der Waals surface area (Å²) in [4.78, 5) is 14.4. The van der Waals surface area contributed by atoms with Gasteiger partial charge in [-0.25, -0.2) is 0 Å². The number of aliphatic hydroxyl groups excluding tert-OH is 1. The standard InChI is InChI=1S/C14H18N2O3/c1-9(18)16-14(5-6-17)12-8-15-13-4-3-10(19-2)7-11(12)13/h3-4,7-8,14-15,17H,5-6H2,1-2H3,(H,16,18). The van der Waals surface area contributed by atoms with Crippen LogP contribution < -0.4 is 10.1 Å². The molecule has 1 unspecified atom stereocenters. The second kappa shape index (κ2) is 5.75. The van der Waals surface area contributed by atoms with Gasteiger partial charge in [-0.05, 0) is 30.2 Å². The molecule has 1 aromatic carbocycles. The Bertz CT molecular complexity index is 577. The Labute approximate surface area is 111 Å². The van der Waals surface area contributed by atoms with Crippen molar-refractivity contribution in [2.24, 2.45) is 0 Å². The van der Waals surface area contributed by atoms with Crippen molar-refractivity contribution in [2.45, 2.75) is 19.4 Å². The highest BCUT2D eigenvalue weighted by atomic mass is 16.5. The van der Waals surface area contributed by atoms with Crippen LogP contribution in [0.2, 0.25) is 0 Å². The van der Waals surface area contributed by atoms with Gasteiger partial charge in [-0.3, -0.25) is 4.79 Å². The lowest BCUT2D eigenvalue weighted by molar-refractivity contribution is -0.119. The van der Waals surface area contributed by atoms with E-state index in [1.54, 1.807) is 7.11 Å². The molecule has 1 atom stereocenters. The molecule has 0 aliphatic heterocycles. The highest BCUT2D eigenvalue weighted by Crippen LogP contribution is 2.29. The fourth-order valence-electron chi connectivity index (χ4n) is 2.22. The Kier molecular flexibility index (Phi) is 4.06. The maximum absolute atomic E-state index is 11.3. The molecule has 102 valence electrons. The van der Waals surface area contributed by atoms with Crippen molar-refractivity contribution in [3.05, 3.63) is 30.0 Å². The van der Waals surface area contributed by atoms with Crippen LogP contribution >= 0.6 is 0 Å². The van der Waals surface area contributed by atoms with Crippen LogP contribution in [-0.4, -0.2) is 29.7 Å². The Morgan fingerprint density at radius 2 is 2.32 bits per heavy atom. The lowest BCUT2D eigenvalue weighted by Crippen LogP contribution is -2.26. The molecule has 0 saturated heterocycles. The Morgan fingerprint density at radius 1 is 1.53 bits per heavy atom. The number of hydrogen-bond acceptors (Lipinski definition) is 3. The first-order valence-electron chi connectivity index (χ1n) is 6.18. The zero-order valence-corrected chi connectivity index (χ0v) is 11.1. The average molecular weight is 262 g/mol. The summed E-state index contributed by atoms with van der Waals surface area (Å²) in [5, 5.41) is 13.0. The van der Waals surface area contributed by atoms with E-state index < -0.39 is 0 Å². The van der Waals surface area contributed by atoms with E-state index in [9.17, 15) is 4.79 Å². The van der Waals surface area contributed by atoms with Gasteiger partial charge in [0.1, 0.15) is 5.75 Å². The molecule has 3 N–H and O–H groups in total. The van der Waals surface area contributed by atoms with Crippen LogP contribution in [-0.2, 0) is 4.79 Å². The minimum atomic E-state index is -0.205. The Hall–Kier alpha value is -2.01. The first-order valence-corrected chi connectivity index (χ1v) is 6.18. The number of aromatic amines is 1. The molecule has 0 aliphatic rings. The summed E-state index contributed by atoms with van der Waals surface area (Å²) in [5.41, 5.74) is 1.93. The van der Waals surface area contributed by atoms with E-state index in [0.717, 1.165) is 22.2 Å². The van der Waals surface area contributed by atoms with Crippen LogP contribution in [0.4, 0.5) is 0 Å². The number of H-pyrrole nitrogens is 1. The lowest BCUT2D eigenvalue weighted by atomic mass is 10.0. The summed E-state index contributed by atoms with van der Waals surface area (Å²) in [6, 6.07) is 5.53. The zero-order valence-electron chi connectivity index (χ0n) is 11.1. The van der Waals surface area contributed by atoms with Crippen molar-refractivity contribution >= 4 is 16.8 Å². The van der Waals surface area contributed by atoms with Crippen LogP contribution in [0.15, 0.2) is 24.4 Å². The first-order chi connectivity index (χ1) is 9.15. The van der Waals surface area contributed by atoms with Crippen molar-refractivity contribution in [1.82, 2.24) is 10.3 Å². The third-order valence-corrected chi connectivity index (χ3v) is 3.09. The number of carbonyl (C=O) groups excluding carboxylic acids is 1. The third-order valence-electron chi connectivity index (χ3n) is 3.09. The third kappa shape index (κ3) is 2.88. The highest BCUT2D eigenvalue weighted by Gasteiger charge is 2.16. The molecule has 0 saturated carbocycles. The first kappa shape index (κ1) is 13.4. The molecule has 0 bridgehead atoms. The summed E-state index contributed by atoms with van der Waals surface area (Å²) in [6.45, 7) is 1.49. The number of methoxy groups -OCH3 is 1. The molecule has 0 radical (unpaired) electrons. The van der Waals surface area contributed by atoms with Gasteiger partial charge in [0, 0.05) is 30.6 Å². The lowest BCUT2D eigenvalue weighted by Gasteiger charge is -2.16. The molecule has 5 nitrogen and oxygen atoms in total. The van der Waals surface area contributed by atoms with Gasteiger partial charge in [0.05, 0.1) is 13.2 Å². The van der Waals surface area contributed by atoms with Gasteiger partial charge in [-0.15, -0.1) is 0 Å². The second-order valence-electron chi connectivity index (χ2n) is 4.42. The molecule has 5 heteroatoms. The predicted octanol–water partition coefficient (Wildman–Crippen LogP) is 1.74. The van der Waals surface area contributed by atoms with Crippen molar-refractivity contribution < 1.29 is 14.6 Å². The molecule has 2 rings (SSSR count). The molecular weight excluding hydrogens is 244 g/mol. The number of ether oxygens (including phenoxy) is 1. The second-order valence-corrected chi connectivity index (χ2v) is 4.42. The Balaban J connectivity index is 2.43. The molecular formula is C14H18N2O3. The normalized spacial score (nSPS) is 12.4. The monoisotopic (exact) mass is 262 g/mol. The quantitative estimate of drug-likeness (QED) is 0.768. The van der Waals surface area contributed by atoms with E-state index in [2.05, 4.69) is 10.3 Å². The topological polar surface area (TPSA) is 74.3 Å². The minimum Gasteiger partial charge on any atom is -0.497 e. The smallest absolute Gasteiger partial charge is 0.217 e. The van der Waals surface area contributed by atoms with E-state index in [0.29, 0.717) is 6.42 Å². The van der Waals surface area contributed by atoms with E-state index in [1.807, 2.05) is 24.4 Å². The zero-order chi connectivity index (χ0) is 13.8. The van der Waals surface area contributed by atoms with Crippen LogP contribution in [0, 0.1) is 0 Å². The SMILES string of the molecule is COc1ccc2[nH]cc(C(CCO)NC(C)=O)c2c1. The molecule has 0 aliphatic carbocycles. The summed E-state index contributed by atoms with van der Waals surface area (Å²) < 4.78 is 5.22. The number of aliphatic hydroxyl groups is 1. The number of benzene rings is 1. The predicted molar refractivity (Wildman–Crippen MR) is 73.1 cm³/mol. The number of aromatic nitrogens is 1.